The van der Waals surface area contributed by atoms with E-state index >= 15 is 0 Å². The molecule has 0 bridgehead atoms. The van der Waals surface area contributed by atoms with Crippen molar-refractivity contribution in [3.63, 3.8) is 0 Å². The largest absolute Gasteiger partial charge is 0.490 e. The third-order valence-corrected chi connectivity index (χ3v) is 4.97. The van der Waals surface area contributed by atoms with Crippen LogP contribution in [0.4, 0.5) is 0 Å². The fourth-order valence-corrected chi connectivity index (χ4v) is 3.95. The molecule has 0 spiro atoms. The van der Waals surface area contributed by atoms with Crippen molar-refractivity contribution in [3.05, 3.63) is 40.8 Å². The Kier molecular flexibility index (Phi) is 7.08. The number of thiocarbonyl (C=S) groups is 1. The minimum atomic E-state index is -0.0467. The van der Waals surface area contributed by atoms with Gasteiger partial charge in [0, 0.05) is 12.1 Å². The predicted molar refractivity (Wildman–Crippen MR) is 108 cm³/mol. The molecule has 1 aromatic carbocycles. The number of hydrogen-bond donors (Lipinski definition) is 0. The van der Waals surface area contributed by atoms with E-state index in [9.17, 15) is 4.79 Å². The lowest BCUT2D eigenvalue weighted by Crippen LogP contribution is -2.27. The fraction of sp³-hybridized carbons (Fsp3) is 0.368. The highest BCUT2D eigenvalue weighted by atomic mass is 32.2. The average Bonchev–Trinajstić information content (AvgIpc) is 2.84. The van der Waals surface area contributed by atoms with Crippen molar-refractivity contribution in [2.75, 3.05) is 19.8 Å². The number of carbonyl (C=O) groups is 1. The van der Waals surface area contributed by atoms with E-state index in [0.29, 0.717) is 41.2 Å². The molecule has 0 aromatic heterocycles. The van der Waals surface area contributed by atoms with Crippen molar-refractivity contribution in [2.45, 2.75) is 27.2 Å². The number of hydrogen-bond acceptors (Lipinski definition) is 5. The second kappa shape index (κ2) is 9.06. The minimum Gasteiger partial charge on any atom is -0.490 e. The van der Waals surface area contributed by atoms with Gasteiger partial charge in [-0.3, -0.25) is 9.69 Å². The van der Waals surface area contributed by atoms with Crippen molar-refractivity contribution < 1.29 is 14.3 Å². The third-order valence-electron chi connectivity index (χ3n) is 3.59. The van der Waals surface area contributed by atoms with Crippen LogP contribution in [0, 0.1) is 0 Å². The Morgan fingerprint density at radius 3 is 2.52 bits per heavy atom. The summed E-state index contributed by atoms with van der Waals surface area (Å²) >= 11 is 6.60. The molecule has 25 heavy (non-hydrogen) atoms. The molecule has 1 amide bonds. The summed E-state index contributed by atoms with van der Waals surface area (Å²) in [6.45, 7) is 11.3. The molecule has 1 heterocycles. The van der Waals surface area contributed by atoms with Gasteiger partial charge in [0.1, 0.15) is 4.32 Å². The number of nitrogens with zero attached hydrogens (tertiary/aromatic N) is 1. The van der Waals surface area contributed by atoms with Crippen LogP contribution < -0.4 is 9.47 Å². The van der Waals surface area contributed by atoms with E-state index < -0.39 is 0 Å². The van der Waals surface area contributed by atoms with E-state index in [0.717, 1.165) is 16.9 Å². The number of allylic oxidation sites excluding steroid dienone is 1. The lowest BCUT2D eigenvalue weighted by Gasteiger charge is -2.16. The first-order valence-corrected chi connectivity index (χ1v) is 9.56. The van der Waals surface area contributed by atoms with Gasteiger partial charge in [0.2, 0.25) is 0 Å². The number of ether oxygens (including phenoxy) is 2. The van der Waals surface area contributed by atoms with Crippen molar-refractivity contribution in [2.24, 2.45) is 0 Å². The smallest absolute Gasteiger partial charge is 0.266 e. The van der Waals surface area contributed by atoms with Crippen LogP contribution in [-0.2, 0) is 11.2 Å². The molecule has 0 N–H and O–H groups in total. The Hall–Kier alpha value is -1.79. The molecule has 2 rings (SSSR count). The maximum atomic E-state index is 12.4. The zero-order chi connectivity index (χ0) is 18.4. The van der Waals surface area contributed by atoms with Crippen LogP contribution in [-0.4, -0.2) is 34.9 Å². The van der Waals surface area contributed by atoms with Gasteiger partial charge in [-0.25, -0.2) is 0 Å². The van der Waals surface area contributed by atoms with E-state index in [1.54, 1.807) is 4.90 Å². The highest BCUT2D eigenvalue weighted by molar-refractivity contribution is 8.26. The number of likely N-dealkylation sites (N-methyl/N-ethyl adjacent to an activating group) is 1. The molecule has 1 saturated heterocycles. The van der Waals surface area contributed by atoms with Crippen LogP contribution in [0.25, 0.3) is 6.08 Å². The number of amides is 1. The summed E-state index contributed by atoms with van der Waals surface area (Å²) < 4.78 is 12.1. The van der Waals surface area contributed by atoms with Gasteiger partial charge < -0.3 is 9.47 Å². The first-order valence-electron chi connectivity index (χ1n) is 8.34. The quantitative estimate of drug-likeness (QED) is 0.381. The van der Waals surface area contributed by atoms with Crippen molar-refractivity contribution in [1.29, 1.82) is 0 Å². The molecule has 1 aromatic rings. The molecule has 0 unspecified atom stereocenters. The first kappa shape index (κ1) is 19.5. The lowest BCUT2D eigenvalue weighted by atomic mass is 10.0. The number of carbonyl (C=O) groups excluding carboxylic acids is 1. The summed E-state index contributed by atoms with van der Waals surface area (Å²) in [6, 6.07) is 3.91. The highest BCUT2D eigenvalue weighted by Crippen LogP contribution is 2.37. The second-order valence-corrected chi connectivity index (χ2v) is 6.97. The molecule has 1 aliphatic heterocycles. The Morgan fingerprint density at radius 1 is 1.24 bits per heavy atom. The van der Waals surface area contributed by atoms with E-state index in [1.807, 2.05) is 45.1 Å². The van der Waals surface area contributed by atoms with Gasteiger partial charge in [0.05, 0.1) is 18.1 Å². The maximum Gasteiger partial charge on any atom is 0.266 e. The van der Waals surface area contributed by atoms with Crippen LogP contribution >= 0.6 is 24.0 Å². The molecule has 4 nitrogen and oxygen atoms in total. The molecule has 1 aliphatic rings. The van der Waals surface area contributed by atoms with Crippen molar-refractivity contribution >= 4 is 40.3 Å². The molecule has 0 atom stereocenters. The van der Waals surface area contributed by atoms with Crippen molar-refractivity contribution in [1.82, 2.24) is 4.90 Å². The van der Waals surface area contributed by atoms with Gasteiger partial charge in [-0.2, -0.15) is 0 Å². The molecule has 1 fully saturated rings. The molecular formula is C19H23NO3S2. The van der Waals surface area contributed by atoms with Gasteiger partial charge in [-0.1, -0.05) is 30.1 Å². The number of thioether (sulfide) groups is 1. The first-order chi connectivity index (χ1) is 12.0. The third kappa shape index (κ3) is 4.44. The Labute approximate surface area is 158 Å². The lowest BCUT2D eigenvalue weighted by molar-refractivity contribution is -0.121. The van der Waals surface area contributed by atoms with Crippen LogP contribution in [0.5, 0.6) is 11.5 Å². The summed E-state index contributed by atoms with van der Waals surface area (Å²) in [7, 11) is 0. The fourth-order valence-electron chi connectivity index (χ4n) is 2.57. The maximum absolute atomic E-state index is 12.4. The van der Waals surface area contributed by atoms with E-state index in [1.165, 1.54) is 11.8 Å². The van der Waals surface area contributed by atoms with Gasteiger partial charge in [0.25, 0.3) is 5.91 Å². The molecule has 6 heteroatoms. The second-order valence-electron chi connectivity index (χ2n) is 5.29. The van der Waals surface area contributed by atoms with E-state index in [-0.39, 0.29) is 5.91 Å². The van der Waals surface area contributed by atoms with Gasteiger partial charge in [0.15, 0.2) is 11.5 Å². The summed E-state index contributed by atoms with van der Waals surface area (Å²) in [4.78, 5) is 14.7. The monoisotopic (exact) mass is 377 g/mol. The molecule has 0 radical (unpaired) electrons. The minimum absolute atomic E-state index is 0.0467. The van der Waals surface area contributed by atoms with Crippen LogP contribution in [0.2, 0.25) is 0 Å². The zero-order valence-corrected chi connectivity index (χ0v) is 16.5. The summed E-state index contributed by atoms with van der Waals surface area (Å²) in [5.74, 6) is 1.37. The highest BCUT2D eigenvalue weighted by Gasteiger charge is 2.30. The van der Waals surface area contributed by atoms with E-state index in [2.05, 4.69) is 6.58 Å². The Bertz CT molecular complexity index is 713. The standard InChI is InChI=1S/C19H23NO3S2/c1-5-9-14-10-13(11-15(22-7-3)17(14)23-8-4)12-16-18(21)20(6-2)19(24)25-16/h5,10-12H,1,6-9H2,2-4H3/b16-12-. The van der Waals surface area contributed by atoms with Gasteiger partial charge in [-0.15, -0.1) is 6.58 Å². The Morgan fingerprint density at radius 2 is 1.96 bits per heavy atom. The summed E-state index contributed by atoms with van der Waals surface area (Å²) in [6.07, 6.45) is 4.35. The number of rotatable bonds is 8. The SMILES string of the molecule is C=CCc1cc(/C=C2\SC(=S)N(CC)C2=O)cc(OCC)c1OCC. The topological polar surface area (TPSA) is 38.8 Å². The molecule has 0 aliphatic carbocycles. The Balaban J connectivity index is 2.47. The summed E-state index contributed by atoms with van der Waals surface area (Å²) in [5.41, 5.74) is 1.88. The molecule has 0 saturated carbocycles. The van der Waals surface area contributed by atoms with Gasteiger partial charge >= 0.3 is 0 Å². The van der Waals surface area contributed by atoms with E-state index in [4.69, 9.17) is 21.7 Å². The normalized spacial score (nSPS) is 15.8. The molecular weight excluding hydrogens is 354 g/mol. The average molecular weight is 378 g/mol. The van der Waals surface area contributed by atoms with Crippen molar-refractivity contribution in [3.8, 4) is 11.5 Å². The van der Waals surface area contributed by atoms with Crippen LogP contribution in [0.15, 0.2) is 29.7 Å². The zero-order valence-electron chi connectivity index (χ0n) is 14.8. The summed E-state index contributed by atoms with van der Waals surface area (Å²) in [5, 5.41) is 0. The predicted octanol–water partition coefficient (Wildman–Crippen LogP) is 4.43. The molecule has 134 valence electrons. The van der Waals surface area contributed by atoms with Crippen LogP contribution in [0.1, 0.15) is 31.9 Å². The van der Waals surface area contributed by atoms with Gasteiger partial charge in [-0.05, 0) is 51.0 Å². The van der Waals surface area contributed by atoms with Crippen LogP contribution in [0.3, 0.4) is 0 Å². The number of benzene rings is 1.